The van der Waals surface area contributed by atoms with Gasteiger partial charge in [0, 0.05) is 54.3 Å². The number of amides is 3. The Hall–Kier alpha value is -4.49. The minimum Gasteiger partial charge on any atom is -0.382 e. The molecular formula is C37H46F3N7O4. The third-order valence-corrected chi connectivity index (χ3v) is 10.9. The van der Waals surface area contributed by atoms with Crippen LogP contribution in [0.2, 0.25) is 0 Å². The fraction of sp³-hybridized carbons (Fsp3) is 0.568. The van der Waals surface area contributed by atoms with Crippen LogP contribution >= 0.6 is 0 Å². The second-order valence-electron chi connectivity index (χ2n) is 14.6. The van der Waals surface area contributed by atoms with Crippen LogP contribution in [0.15, 0.2) is 24.3 Å². The first-order valence-corrected chi connectivity index (χ1v) is 18.0. The highest BCUT2D eigenvalue weighted by atomic mass is 19.4. The second kappa shape index (κ2) is 14.6. The maximum Gasteiger partial charge on any atom is 0.433 e. The number of piperidine rings is 1. The van der Waals surface area contributed by atoms with Gasteiger partial charge in [-0.25, -0.2) is 4.98 Å². The zero-order valence-electron chi connectivity index (χ0n) is 29.1. The van der Waals surface area contributed by atoms with Gasteiger partial charge in [-0.2, -0.15) is 13.2 Å². The molecule has 3 amide bonds. The number of fused-ring (bicyclic) bond motifs is 1. The highest BCUT2D eigenvalue weighted by Gasteiger charge is 2.67. The summed E-state index contributed by atoms with van der Waals surface area (Å²) in [5.74, 6) is -1.82. The van der Waals surface area contributed by atoms with Gasteiger partial charge in [0.25, 0.3) is 0 Å². The van der Waals surface area contributed by atoms with E-state index in [1.165, 1.54) is 24.8 Å². The summed E-state index contributed by atoms with van der Waals surface area (Å²) in [5.41, 5.74) is 1.05. The topological polar surface area (TPSA) is 156 Å². The van der Waals surface area contributed by atoms with Crippen LogP contribution < -0.4 is 21.3 Å². The van der Waals surface area contributed by atoms with Crippen molar-refractivity contribution in [3.05, 3.63) is 46.6 Å². The quantitative estimate of drug-likeness (QED) is 0.239. The minimum atomic E-state index is -4.71. The number of carbonyl (C=O) groups excluding carboxylic acids is 4. The fourth-order valence-electron chi connectivity index (χ4n) is 7.94. The molecule has 3 atom stereocenters. The Bertz CT molecular complexity index is 1720. The van der Waals surface area contributed by atoms with E-state index >= 15 is 0 Å². The summed E-state index contributed by atoms with van der Waals surface area (Å²) >= 11 is 0. The summed E-state index contributed by atoms with van der Waals surface area (Å²) in [6.07, 6.45) is 4.61. The molecule has 0 radical (unpaired) electrons. The predicted molar refractivity (Wildman–Crippen MR) is 187 cm³/mol. The number of hydrogen-bond donors (Lipinski definition) is 5. The molecule has 0 unspecified atom stereocenters. The molecule has 2 saturated carbocycles. The molecule has 1 aromatic heterocycles. The van der Waals surface area contributed by atoms with E-state index in [4.69, 9.17) is 5.41 Å². The lowest BCUT2D eigenvalue weighted by Gasteiger charge is -2.28. The molecule has 274 valence electrons. The molecule has 51 heavy (non-hydrogen) atoms. The molecular weight excluding hydrogens is 663 g/mol. The lowest BCUT2D eigenvalue weighted by molar-refractivity contribution is -0.141. The zero-order chi connectivity index (χ0) is 36.5. The number of ketones is 1. The van der Waals surface area contributed by atoms with E-state index in [2.05, 4.69) is 26.3 Å². The molecule has 2 bridgehead atoms. The van der Waals surface area contributed by atoms with Gasteiger partial charge < -0.3 is 26.2 Å². The Balaban J connectivity index is 1.31. The average molecular weight is 710 g/mol. The van der Waals surface area contributed by atoms with Crippen molar-refractivity contribution in [2.75, 3.05) is 29.0 Å². The summed E-state index contributed by atoms with van der Waals surface area (Å²) in [6, 6.07) is 4.81. The average Bonchev–Trinajstić information content (AvgIpc) is 3.36. The van der Waals surface area contributed by atoms with Crippen LogP contribution in [-0.4, -0.2) is 70.3 Å². The Morgan fingerprint density at radius 2 is 1.73 bits per heavy atom. The van der Waals surface area contributed by atoms with Gasteiger partial charge in [-0.05, 0) is 81.2 Å². The molecule has 2 aliphatic heterocycles. The molecule has 1 aromatic carbocycles. The third-order valence-electron chi connectivity index (χ3n) is 10.9. The molecule has 3 heterocycles. The van der Waals surface area contributed by atoms with Crippen molar-refractivity contribution in [3.63, 3.8) is 0 Å². The summed E-state index contributed by atoms with van der Waals surface area (Å²) in [7, 11) is 0. The number of benzene rings is 1. The number of alkyl halides is 3. The van der Waals surface area contributed by atoms with Gasteiger partial charge >= 0.3 is 6.18 Å². The lowest BCUT2D eigenvalue weighted by atomic mass is 9.95. The number of carbonyl (C=O) groups is 4. The van der Waals surface area contributed by atoms with Crippen molar-refractivity contribution < 1.29 is 32.3 Å². The Morgan fingerprint density at radius 3 is 2.43 bits per heavy atom. The van der Waals surface area contributed by atoms with E-state index in [-0.39, 0.29) is 43.0 Å². The van der Waals surface area contributed by atoms with E-state index in [9.17, 15) is 32.3 Å². The largest absolute Gasteiger partial charge is 0.433 e. The zero-order valence-corrected chi connectivity index (χ0v) is 29.1. The molecule has 4 aliphatic rings. The Labute approximate surface area is 295 Å². The van der Waals surface area contributed by atoms with E-state index in [1.807, 2.05) is 6.07 Å². The first-order valence-electron chi connectivity index (χ1n) is 18.0. The number of halogens is 3. The highest BCUT2D eigenvalue weighted by molar-refractivity contribution is 6.45. The van der Waals surface area contributed by atoms with Crippen LogP contribution in [0.1, 0.15) is 99.9 Å². The van der Waals surface area contributed by atoms with Crippen LogP contribution in [0.3, 0.4) is 0 Å². The Kier molecular flexibility index (Phi) is 10.4. The number of pyridine rings is 1. The van der Waals surface area contributed by atoms with Gasteiger partial charge in [0.05, 0.1) is 6.54 Å². The molecule has 3 fully saturated rings. The molecule has 1 saturated heterocycles. The van der Waals surface area contributed by atoms with E-state index in [0.717, 1.165) is 62.3 Å². The number of aryl methyl sites for hydroxylation is 2. The van der Waals surface area contributed by atoms with Crippen LogP contribution in [0.25, 0.3) is 0 Å². The monoisotopic (exact) mass is 709 g/mol. The molecule has 14 heteroatoms. The van der Waals surface area contributed by atoms with Crippen molar-refractivity contribution >= 4 is 46.4 Å². The maximum absolute atomic E-state index is 14.2. The number of aromatic nitrogens is 1. The highest BCUT2D eigenvalue weighted by Crippen LogP contribution is 2.59. The standard InChI is InChI=1S/C37H46F3N7O4/c1-21-13-14-28(37(38,39)40)45-34(21)46-35(51)27-17-36-18-29(36)47(27)31(50)19-42-33-23(9-5-3-4-6-12-30(49)43-20-36)15-25(44-24-10-7-8-11-24)16-26(33)32(41)22(2)48/h13-16,24,27,29,41-42,44H,3-12,17-20H2,1-2H3,(H,43,49)(H,45,46,51)/t27-,29+,36-/m0/s1. The summed E-state index contributed by atoms with van der Waals surface area (Å²) in [5, 5.41) is 21.1. The number of nitrogens with zero attached hydrogens (tertiary/aromatic N) is 2. The second-order valence-corrected chi connectivity index (χ2v) is 14.6. The number of Topliss-reactive ketones (excluding diaryl/α,β-unsaturated/α-hetero) is 1. The molecule has 0 spiro atoms. The number of rotatable bonds is 6. The normalized spacial score (nSPS) is 24.5. The van der Waals surface area contributed by atoms with Gasteiger partial charge in [-0.1, -0.05) is 31.7 Å². The molecule has 2 aliphatic carbocycles. The van der Waals surface area contributed by atoms with Crippen LogP contribution in [0.4, 0.5) is 30.4 Å². The van der Waals surface area contributed by atoms with E-state index in [1.54, 1.807) is 6.07 Å². The van der Waals surface area contributed by atoms with Gasteiger partial charge in [0.2, 0.25) is 17.7 Å². The summed E-state index contributed by atoms with van der Waals surface area (Å²) < 4.78 is 40.4. The first-order chi connectivity index (χ1) is 24.3. The van der Waals surface area contributed by atoms with Crippen LogP contribution in [-0.2, 0) is 31.8 Å². The van der Waals surface area contributed by atoms with Gasteiger partial charge in [0.15, 0.2) is 5.78 Å². The fourth-order valence-corrected chi connectivity index (χ4v) is 7.94. The molecule has 11 nitrogen and oxygen atoms in total. The van der Waals surface area contributed by atoms with E-state index < -0.39 is 40.9 Å². The third kappa shape index (κ3) is 8.04. The van der Waals surface area contributed by atoms with Crippen molar-refractivity contribution in [2.24, 2.45) is 5.41 Å². The smallest absolute Gasteiger partial charge is 0.382 e. The van der Waals surface area contributed by atoms with Gasteiger partial charge in [0.1, 0.15) is 23.3 Å². The van der Waals surface area contributed by atoms with Crippen molar-refractivity contribution in [2.45, 2.75) is 115 Å². The number of hydrogen-bond acceptors (Lipinski definition) is 8. The first kappa shape index (κ1) is 36.3. The lowest BCUT2D eigenvalue weighted by Crippen LogP contribution is -2.47. The molecule has 5 N–H and O–H groups in total. The summed E-state index contributed by atoms with van der Waals surface area (Å²) in [4.78, 5) is 58.5. The molecule has 6 rings (SSSR count). The van der Waals surface area contributed by atoms with Crippen molar-refractivity contribution in [1.82, 2.24) is 15.2 Å². The SMILES string of the molecule is CC(=O)C(=N)c1cc(NC2CCCC2)cc2c1NCC(=O)N1[C@H](C(=O)Nc3nc(C(F)(F)F)ccc3C)C[C@@]3(CNC(=O)CCCCCC2)C[C@@H]13. The minimum absolute atomic E-state index is 0.101. The molecule has 2 aromatic rings. The number of anilines is 3. The summed E-state index contributed by atoms with van der Waals surface area (Å²) in [6.45, 7) is 2.91. The predicted octanol–water partition coefficient (Wildman–Crippen LogP) is 5.75. The van der Waals surface area contributed by atoms with E-state index in [0.29, 0.717) is 48.5 Å². The van der Waals surface area contributed by atoms with Gasteiger partial charge in [-0.3, -0.25) is 24.6 Å². The maximum atomic E-state index is 14.2. The van der Waals surface area contributed by atoms with Crippen LogP contribution in [0.5, 0.6) is 0 Å². The number of nitrogens with one attached hydrogen (secondary N) is 5. The van der Waals surface area contributed by atoms with Gasteiger partial charge in [-0.15, -0.1) is 0 Å². The van der Waals surface area contributed by atoms with Crippen molar-refractivity contribution in [3.8, 4) is 0 Å². The Morgan fingerprint density at radius 1 is 1.00 bits per heavy atom. The van der Waals surface area contributed by atoms with Crippen molar-refractivity contribution in [1.29, 1.82) is 5.41 Å². The van der Waals surface area contributed by atoms with Crippen LogP contribution in [0, 0.1) is 17.7 Å².